The fraction of sp³-hybridized carbons (Fsp3) is 0.800. The molecule has 1 aliphatic rings. The Kier molecular flexibility index (Phi) is 8.60. The van der Waals surface area contributed by atoms with E-state index < -0.39 is 48.5 Å². The van der Waals surface area contributed by atoms with Crippen molar-refractivity contribution in [3.05, 3.63) is 12.2 Å². The summed E-state index contributed by atoms with van der Waals surface area (Å²) in [5.41, 5.74) is -0.494. The first kappa shape index (κ1) is 23.0. The fourth-order valence-electron chi connectivity index (χ4n) is 3.98. The Morgan fingerprint density at radius 1 is 1.19 bits per heavy atom. The van der Waals surface area contributed by atoms with Crippen LogP contribution in [0, 0.1) is 29.1 Å². The Balaban J connectivity index is 2.88. The first-order valence-corrected chi connectivity index (χ1v) is 9.43. The van der Waals surface area contributed by atoms with E-state index in [0.29, 0.717) is 0 Å². The number of ketones is 2. The Labute approximate surface area is 155 Å². The highest BCUT2D eigenvalue weighted by Crippen LogP contribution is 2.60. The Bertz CT molecular complexity index is 516. The van der Waals surface area contributed by atoms with Crippen LogP contribution in [-0.4, -0.2) is 57.4 Å². The van der Waals surface area contributed by atoms with E-state index in [-0.39, 0.29) is 30.5 Å². The molecule has 6 nitrogen and oxygen atoms in total. The second kappa shape index (κ2) is 9.74. The summed E-state index contributed by atoms with van der Waals surface area (Å²) >= 11 is 0. The number of aliphatic hydroxyl groups is 4. The van der Waals surface area contributed by atoms with Crippen molar-refractivity contribution in [1.29, 1.82) is 0 Å². The second-order valence-corrected chi connectivity index (χ2v) is 7.79. The largest absolute Gasteiger partial charge is 0.396 e. The van der Waals surface area contributed by atoms with Crippen molar-refractivity contribution < 1.29 is 30.0 Å². The Hall–Kier alpha value is -1.08. The van der Waals surface area contributed by atoms with Gasteiger partial charge in [-0.15, -0.1) is 0 Å². The molecule has 1 aliphatic carbocycles. The summed E-state index contributed by atoms with van der Waals surface area (Å²) in [5.74, 6) is -2.63. The molecule has 0 aromatic heterocycles. The zero-order valence-electron chi connectivity index (χ0n) is 16.3. The second-order valence-electron chi connectivity index (χ2n) is 7.79. The van der Waals surface area contributed by atoms with E-state index in [1.54, 1.807) is 6.92 Å². The molecule has 0 spiro atoms. The Morgan fingerprint density at radius 2 is 1.77 bits per heavy atom. The molecule has 0 bridgehead atoms. The van der Waals surface area contributed by atoms with Gasteiger partial charge in [0.2, 0.25) is 0 Å². The lowest BCUT2D eigenvalue weighted by Crippen LogP contribution is -2.45. The number of rotatable bonds is 12. The van der Waals surface area contributed by atoms with E-state index in [1.807, 2.05) is 19.9 Å². The van der Waals surface area contributed by atoms with Gasteiger partial charge < -0.3 is 20.4 Å². The number of Topliss-reactive ketones (excluding diaryl/α,β-unsaturated/α-hetero) is 2. The van der Waals surface area contributed by atoms with Crippen molar-refractivity contribution in [3.8, 4) is 0 Å². The zero-order valence-corrected chi connectivity index (χ0v) is 16.3. The van der Waals surface area contributed by atoms with Crippen LogP contribution in [0.5, 0.6) is 0 Å². The molecule has 0 unspecified atom stereocenters. The molecule has 0 saturated heterocycles. The van der Waals surface area contributed by atoms with Crippen molar-refractivity contribution in [3.63, 3.8) is 0 Å². The molecule has 6 heteroatoms. The maximum atomic E-state index is 12.8. The summed E-state index contributed by atoms with van der Waals surface area (Å²) in [6, 6.07) is 0. The van der Waals surface area contributed by atoms with Gasteiger partial charge in [-0.25, -0.2) is 0 Å². The van der Waals surface area contributed by atoms with Crippen LogP contribution in [0.2, 0.25) is 0 Å². The first-order valence-electron chi connectivity index (χ1n) is 9.43. The summed E-state index contributed by atoms with van der Waals surface area (Å²) in [7, 11) is 0. The number of allylic oxidation sites excluding steroid dienone is 2. The topological polar surface area (TPSA) is 115 Å². The van der Waals surface area contributed by atoms with Gasteiger partial charge in [0.1, 0.15) is 11.6 Å². The molecule has 0 aliphatic heterocycles. The van der Waals surface area contributed by atoms with E-state index in [4.69, 9.17) is 0 Å². The van der Waals surface area contributed by atoms with Crippen LogP contribution in [0.1, 0.15) is 47.0 Å². The van der Waals surface area contributed by atoms with Crippen LogP contribution in [0.25, 0.3) is 0 Å². The molecular weight excluding hydrogens is 336 g/mol. The highest BCUT2D eigenvalue weighted by Gasteiger charge is 2.59. The third-order valence-electron chi connectivity index (χ3n) is 5.95. The van der Waals surface area contributed by atoms with E-state index in [0.717, 1.165) is 6.42 Å². The molecule has 4 N–H and O–H groups in total. The molecule has 0 amide bonds. The fourth-order valence-corrected chi connectivity index (χ4v) is 3.98. The minimum Gasteiger partial charge on any atom is -0.396 e. The number of hydrogen-bond acceptors (Lipinski definition) is 6. The molecule has 0 heterocycles. The van der Waals surface area contributed by atoms with Gasteiger partial charge in [-0.1, -0.05) is 32.9 Å². The van der Waals surface area contributed by atoms with E-state index >= 15 is 0 Å². The van der Waals surface area contributed by atoms with Crippen LogP contribution < -0.4 is 0 Å². The minimum absolute atomic E-state index is 0.203. The first-order chi connectivity index (χ1) is 12.2. The maximum Gasteiger partial charge on any atom is 0.148 e. The van der Waals surface area contributed by atoms with E-state index in [1.165, 1.54) is 0 Å². The monoisotopic (exact) mass is 370 g/mol. The average Bonchev–Trinajstić information content (AvgIpc) is 3.29. The van der Waals surface area contributed by atoms with Gasteiger partial charge in [0.25, 0.3) is 0 Å². The molecule has 0 aromatic carbocycles. The number of carbonyl (C=O) groups excluding carboxylic acids is 2. The maximum absolute atomic E-state index is 12.8. The molecule has 0 aromatic rings. The summed E-state index contributed by atoms with van der Waals surface area (Å²) in [4.78, 5) is 24.3. The Morgan fingerprint density at radius 3 is 2.23 bits per heavy atom. The standard InChI is InChI=1S/C20H34O6/c1-5-7-12(3)16-9-20(16,4)19(26)15(11-22)18(25)14(10-21)17(24)8-13(23)6-2/h5,7,12,14-17,19,21-22,24,26H,6,8-11H2,1-4H3/b7-5-/t12-,14+,15-,16+,17-,19-,20+/m0/s1. The van der Waals surface area contributed by atoms with E-state index in [2.05, 4.69) is 13.0 Å². The third-order valence-corrected chi connectivity index (χ3v) is 5.95. The SMILES string of the molecule is C/C=C\[C@H](C)[C@H]1C[C@@]1(C)[C@@H](O)[C@@H](CO)C(=O)[C@H](CO)[C@@H](O)CC(=O)CC. The summed E-state index contributed by atoms with van der Waals surface area (Å²) in [5, 5.41) is 40.2. The molecule has 1 rings (SSSR count). The molecule has 1 saturated carbocycles. The van der Waals surface area contributed by atoms with Crippen LogP contribution in [0.4, 0.5) is 0 Å². The van der Waals surface area contributed by atoms with Gasteiger partial charge in [-0.2, -0.15) is 0 Å². The zero-order chi connectivity index (χ0) is 20.1. The van der Waals surface area contributed by atoms with Gasteiger partial charge in [0.05, 0.1) is 37.3 Å². The van der Waals surface area contributed by atoms with Crippen LogP contribution in [0.15, 0.2) is 12.2 Å². The molecule has 26 heavy (non-hydrogen) atoms. The highest BCUT2D eigenvalue weighted by atomic mass is 16.3. The van der Waals surface area contributed by atoms with Crippen molar-refractivity contribution in [1.82, 2.24) is 0 Å². The summed E-state index contributed by atoms with van der Waals surface area (Å²) < 4.78 is 0. The van der Waals surface area contributed by atoms with Crippen LogP contribution in [-0.2, 0) is 9.59 Å². The predicted molar refractivity (Wildman–Crippen MR) is 98.3 cm³/mol. The number of aliphatic hydroxyl groups excluding tert-OH is 4. The van der Waals surface area contributed by atoms with Gasteiger partial charge in [-0.05, 0) is 30.6 Å². The molecule has 150 valence electrons. The lowest BCUT2D eigenvalue weighted by atomic mass is 9.78. The van der Waals surface area contributed by atoms with Crippen LogP contribution in [0.3, 0.4) is 0 Å². The average molecular weight is 370 g/mol. The summed E-state index contributed by atoms with van der Waals surface area (Å²) in [6.45, 7) is 6.33. The van der Waals surface area contributed by atoms with Gasteiger partial charge in [-0.3, -0.25) is 9.59 Å². The molecule has 0 radical (unpaired) electrons. The molecular formula is C20H34O6. The normalized spacial score (nSPS) is 28.4. The minimum atomic E-state index is -1.31. The third kappa shape index (κ3) is 5.00. The van der Waals surface area contributed by atoms with Crippen molar-refractivity contribution in [2.45, 2.75) is 59.2 Å². The van der Waals surface area contributed by atoms with Crippen molar-refractivity contribution in [2.75, 3.05) is 13.2 Å². The smallest absolute Gasteiger partial charge is 0.148 e. The summed E-state index contributed by atoms with van der Waals surface area (Å²) in [6.07, 6.45) is 2.37. The van der Waals surface area contributed by atoms with Gasteiger partial charge >= 0.3 is 0 Å². The van der Waals surface area contributed by atoms with Crippen molar-refractivity contribution in [2.24, 2.45) is 29.1 Å². The lowest BCUT2D eigenvalue weighted by molar-refractivity contribution is -0.141. The van der Waals surface area contributed by atoms with Crippen molar-refractivity contribution >= 4 is 11.6 Å². The quantitative estimate of drug-likeness (QED) is 0.383. The lowest BCUT2D eigenvalue weighted by Gasteiger charge is -2.30. The van der Waals surface area contributed by atoms with Crippen LogP contribution >= 0.6 is 0 Å². The predicted octanol–water partition coefficient (Wildman–Crippen LogP) is 1.10. The number of hydrogen-bond donors (Lipinski definition) is 4. The number of carbonyl (C=O) groups is 2. The molecule has 1 fully saturated rings. The highest BCUT2D eigenvalue weighted by molar-refractivity contribution is 5.86. The van der Waals surface area contributed by atoms with Gasteiger partial charge in [0.15, 0.2) is 0 Å². The van der Waals surface area contributed by atoms with E-state index in [9.17, 15) is 30.0 Å². The van der Waals surface area contributed by atoms with Gasteiger partial charge in [0, 0.05) is 12.8 Å². The molecule has 7 atom stereocenters.